The molecule has 1 atom stereocenters. The average molecular weight is 205 g/mol. The minimum absolute atomic E-state index is 0.290. The molecule has 1 aliphatic rings. The third-order valence-electron chi connectivity index (χ3n) is 2.66. The molecule has 80 valence electrons. The Morgan fingerprint density at radius 3 is 3.20 bits per heavy atom. The molecule has 3 heteroatoms. The number of Topliss-reactive ketones (excluding diaryl/α,β-unsaturated/α-hetero) is 1. The molecule has 0 aliphatic carbocycles. The van der Waals surface area contributed by atoms with Crippen molar-refractivity contribution in [1.82, 2.24) is 4.98 Å². The summed E-state index contributed by atoms with van der Waals surface area (Å²) in [5.41, 5.74) is 1.00. The molecule has 0 N–H and O–H groups in total. The van der Waals surface area contributed by atoms with Crippen molar-refractivity contribution < 1.29 is 9.53 Å². The van der Waals surface area contributed by atoms with Crippen LogP contribution in [0.5, 0.6) is 0 Å². The lowest BCUT2D eigenvalue weighted by molar-refractivity contribution is -0.119. The van der Waals surface area contributed by atoms with Gasteiger partial charge in [-0.2, -0.15) is 0 Å². The smallest absolute Gasteiger partial charge is 0.137 e. The molecular weight excluding hydrogens is 190 g/mol. The van der Waals surface area contributed by atoms with Crippen LogP contribution in [0.2, 0.25) is 0 Å². The van der Waals surface area contributed by atoms with E-state index in [1.54, 1.807) is 12.4 Å². The lowest BCUT2D eigenvalue weighted by Crippen LogP contribution is -2.10. The first-order valence-corrected chi connectivity index (χ1v) is 5.33. The number of pyridine rings is 1. The van der Waals surface area contributed by atoms with Crippen LogP contribution < -0.4 is 0 Å². The molecule has 0 amide bonds. The summed E-state index contributed by atoms with van der Waals surface area (Å²) >= 11 is 0. The number of hydrogen-bond acceptors (Lipinski definition) is 3. The van der Waals surface area contributed by atoms with Crippen molar-refractivity contribution in [3.63, 3.8) is 0 Å². The van der Waals surface area contributed by atoms with Crippen molar-refractivity contribution in [1.29, 1.82) is 0 Å². The van der Waals surface area contributed by atoms with Crippen LogP contribution in [0.15, 0.2) is 24.5 Å². The second-order valence-corrected chi connectivity index (χ2v) is 4.01. The summed E-state index contributed by atoms with van der Waals surface area (Å²) in [5, 5.41) is 0. The number of ketones is 1. The number of carbonyl (C=O) groups is 1. The van der Waals surface area contributed by atoms with Gasteiger partial charge in [0.1, 0.15) is 5.78 Å². The van der Waals surface area contributed by atoms with E-state index >= 15 is 0 Å². The van der Waals surface area contributed by atoms with E-state index in [0.29, 0.717) is 24.5 Å². The topological polar surface area (TPSA) is 39.2 Å². The van der Waals surface area contributed by atoms with Crippen LogP contribution >= 0.6 is 0 Å². The molecule has 1 unspecified atom stereocenters. The summed E-state index contributed by atoms with van der Waals surface area (Å²) in [6, 6.07) is 3.80. The van der Waals surface area contributed by atoms with Crippen LogP contribution in [0.25, 0.3) is 0 Å². The molecule has 2 heterocycles. The maximum atomic E-state index is 11.7. The lowest BCUT2D eigenvalue weighted by atomic mass is 9.98. The summed E-state index contributed by atoms with van der Waals surface area (Å²) in [7, 11) is 0. The van der Waals surface area contributed by atoms with E-state index in [4.69, 9.17) is 4.74 Å². The SMILES string of the molecule is O=C(Cc1cccnc1)CC1CCOC1. The second kappa shape index (κ2) is 5.03. The number of aromatic nitrogens is 1. The highest BCUT2D eigenvalue weighted by Gasteiger charge is 2.18. The van der Waals surface area contributed by atoms with Crippen molar-refractivity contribution >= 4 is 5.78 Å². The zero-order valence-corrected chi connectivity index (χ0v) is 8.69. The number of nitrogens with zero attached hydrogens (tertiary/aromatic N) is 1. The number of hydrogen-bond donors (Lipinski definition) is 0. The van der Waals surface area contributed by atoms with Crippen molar-refractivity contribution in [3.05, 3.63) is 30.1 Å². The van der Waals surface area contributed by atoms with Gasteiger partial charge in [0.2, 0.25) is 0 Å². The van der Waals surface area contributed by atoms with E-state index in [1.807, 2.05) is 12.1 Å². The number of rotatable bonds is 4. The van der Waals surface area contributed by atoms with Gasteiger partial charge >= 0.3 is 0 Å². The maximum Gasteiger partial charge on any atom is 0.137 e. The van der Waals surface area contributed by atoms with Crippen LogP contribution in [0.1, 0.15) is 18.4 Å². The standard InChI is InChI=1S/C12H15NO2/c14-12(7-11-3-5-15-9-11)6-10-2-1-4-13-8-10/h1-2,4,8,11H,3,5-7,9H2. The maximum absolute atomic E-state index is 11.7. The normalized spacial score (nSPS) is 20.4. The molecule has 1 saturated heterocycles. The summed E-state index contributed by atoms with van der Waals surface area (Å²) in [6.07, 6.45) is 5.65. The lowest BCUT2D eigenvalue weighted by Gasteiger charge is -2.05. The van der Waals surface area contributed by atoms with Gasteiger partial charge in [0.25, 0.3) is 0 Å². The van der Waals surface area contributed by atoms with Crippen molar-refractivity contribution in [3.8, 4) is 0 Å². The molecule has 0 radical (unpaired) electrons. The predicted octanol–water partition coefficient (Wildman–Crippen LogP) is 1.62. The fraction of sp³-hybridized carbons (Fsp3) is 0.500. The van der Waals surface area contributed by atoms with Gasteiger partial charge in [-0.15, -0.1) is 0 Å². The number of ether oxygens (including phenoxy) is 1. The molecule has 1 fully saturated rings. The fourth-order valence-electron chi connectivity index (χ4n) is 1.87. The molecule has 1 aromatic heterocycles. The van der Waals surface area contributed by atoms with Crippen LogP contribution in [-0.2, 0) is 16.0 Å². The third kappa shape index (κ3) is 3.13. The Kier molecular flexibility index (Phi) is 3.45. The van der Waals surface area contributed by atoms with E-state index in [-0.39, 0.29) is 0 Å². The van der Waals surface area contributed by atoms with E-state index in [1.165, 1.54) is 0 Å². The molecule has 1 aromatic rings. The van der Waals surface area contributed by atoms with Crippen molar-refractivity contribution in [2.24, 2.45) is 5.92 Å². The van der Waals surface area contributed by atoms with Gasteiger partial charge in [-0.05, 0) is 24.0 Å². The Bertz CT molecular complexity index is 318. The molecule has 0 bridgehead atoms. The van der Waals surface area contributed by atoms with Gasteiger partial charge in [0, 0.05) is 38.4 Å². The molecular formula is C12H15NO2. The summed E-state index contributed by atoms with van der Waals surface area (Å²) in [5.74, 6) is 0.729. The highest BCUT2D eigenvalue weighted by molar-refractivity contribution is 5.81. The van der Waals surface area contributed by atoms with Gasteiger partial charge in [-0.3, -0.25) is 9.78 Å². The van der Waals surface area contributed by atoms with Crippen LogP contribution in [0.3, 0.4) is 0 Å². The molecule has 3 nitrogen and oxygen atoms in total. The van der Waals surface area contributed by atoms with Gasteiger partial charge in [0.05, 0.1) is 0 Å². The molecule has 0 saturated carbocycles. The molecule has 0 spiro atoms. The first kappa shape index (κ1) is 10.3. The Hall–Kier alpha value is -1.22. The van der Waals surface area contributed by atoms with Gasteiger partial charge in [0.15, 0.2) is 0 Å². The molecule has 0 aromatic carbocycles. The van der Waals surface area contributed by atoms with Gasteiger partial charge in [-0.1, -0.05) is 6.07 Å². The molecule has 1 aliphatic heterocycles. The van der Waals surface area contributed by atoms with Crippen LogP contribution in [-0.4, -0.2) is 24.0 Å². The fourth-order valence-corrected chi connectivity index (χ4v) is 1.87. The average Bonchev–Trinajstić information content (AvgIpc) is 2.71. The highest BCUT2D eigenvalue weighted by atomic mass is 16.5. The van der Waals surface area contributed by atoms with E-state index in [2.05, 4.69) is 4.98 Å². The zero-order valence-electron chi connectivity index (χ0n) is 8.69. The first-order chi connectivity index (χ1) is 7.34. The quantitative estimate of drug-likeness (QED) is 0.749. The zero-order chi connectivity index (χ0) is 10.5. The number of carbonyl (C=O) groups excluding carboxylic acids is 1. The van der Waals surface area contributed by atoms with E-state index < -0.39 is 0 Å². The van der Waals surface area contributed by atoms with Crippen LogP contribution in [0, 0.1) is 5.92 Å². The molecule has 2 rings (SSSR count). The monoisotopic (exact) mass is 205 g/mol. The molecule has 15 heavy (non-hydrogen) atoms. The summed E-state index contributed by atoms with van der Waals surface area (Å²) < 4.78 is 5.24. The Morgan fingerprint density at radius 2 is 2.53 bits per heavy atom. The van der Waals surface area contributed by atoms with Crippen molar-refractivity contribution in [2.45, 2.75) is 19.3 Å². The van der Waals surface area contributed by atoms with Crippen molar-refractivity contribution in [2.75, 3.05) is 13.2 Å². The summed E-state index contributed by atoms with van der Waals surface area (Å²) in [4.78, 5) is 15.7. The minimum atomic E-state index is 0.290. The Morgan fingerprint density at radius 1 is 1.60 bits per heavy atom. The van der Waals surface area contributed by atoms with Crippen LogP contribution in [0.4, 0.5) is 0 Å². The first-order valence-electron chi connectivity index (χ1n) is 5.33. The van der Waals surface area contributed by atoms with E-state index in [9.17, 15) is 4.79 Å². The van der Waals surface area contributed by atoms with E-state index in [0.717, 1.165) is 25.2 Å². The predicted molar refractivity (Wildman–Crippen MR) is 56.5 cm³/mol. The minimum Gasteiger partial charge on any atom is -0.381 e. The van der Waals surface area contributed by atoms with Gasteiger partial charge in [-0.25, -0.2) is 0 Å². The summed E-state index contributed by atoms with van der Waals surface area (Å²) in [6.45, 7) is 1.56. The van der Waals surface area contributed by atoms with Gasteiger partial charge < -0.3 is 4.74 Å². The Labute approximate surface area is 89.5 Å². The largest absolute Gasteiger partial charge is 0.381 e. The third-order valence-corrected chi connectivity index (χ3v) is 2.66. The highest BCUT2D eigenvalue weighted by Crippen LogP contribution is 2.17. The Balaban J connectivity index is 1.82. The second-order valence-electron chi connectivity index (χ2n) is 4.01.